The molecule has 0 heterocycles. The zero-order chi connectivity index (χ0) is 14.0. The second kappa shape index (κ2) is 6.04. The third kappa shape index (κ3) is 3.16. The third-order valence-corrected chi connectivity index (χ3v) is 4.36. The lowest BCUT2D eigenvalue weighted by Crippen LogP contribution is -2.43. The first-order valence-electron chi connectivity index (χ1n) is 6.78. The van der Waals surface area contributed by atoms with Gasteiger partial charge in [0.25, 0.3) is 5.91 Å². The van der Waals surface area contributed by atoms with Gasteiger partial charge in [0.2, 0.25) is 0 Å². The van der Waals surface area contributed by atoms with Gasteiger partial charge in [0.1, 0.15) is 5.82 Å². The zero-order valence-electron chi connectivity index (χ0n) is 11.3. The molecule has 2 nitrogen and oxygen atoms in total. The summed E-state index contributed by atoms with van der Waals surface area (Å²) in [6.07, 6.45) is 4.45. The first-order valence-corrected chi connectivity index (χ1v) is 7.57. The monoisotopic (exact) mass is 327 g/mol. The van der Waals surface area contributed by atoms with E-state index in [1.54, 1.807) is 6.07 Å². The summed E-state index contributed by atoms with van der Waals surface area (Å²) in [7, 11) is 0. The molecule has 0 aliphatic heterocycles. The SMILES string of the molecule is CC(C)N(C(=O)c1cc(F)ccc1Br)C1CCCC1. The second-order valence-electron chi connectivity index (χ2n) is 5.37. The maximum atomic E-state index is 13.4. The van der Waals surface area contributed by atoms with Gasteiger partial charge in [0.15, 0.2) is 0 Å². The molecule has 1 aliphatic carbocycles. The minimum atomic E-state index is -0.373. The molecule has 1 aromatic rings. The Kier molecular flexibility index (Phi) is 4.61. The normalized spacial score (nSPS) is 16.1. The van der Waals surface area contributed by atoms with Crippen molar-refractivity contribution < 1.29 is 9.18 Å². The summed E-state index contributed by atoms with van der Waals surface area (Å²) in [5.41, 5.74) is 0.417. The van der Waals surface area contributed by atoms with Crippen molar-refractivity contribution in [2.75, 3.05) is 0 Å². The van der Waals surface area contributed by atoms with E-state index < -0.39 is 0 Å². The van der Waals surface area contributed by atoms with Crippen molar-refractivity contribution in [3.8, 4) is 0 Å². The molecule has 0 unspecified atom stereocenters. The molecule has 1 aliphatic rings. The predicted octanol–water partition coefficient (Wildman–Crippen LogP) is 4.38. The number of rotatable bonds is 3. The van der Waals surface area contributed by atoms with Gasteiger partial charge >= 0.3 is 0 Å². The van der Waals surface area contributed by atoms with Gasteiger partial charge in [0.05, 0.1) is 5.56 Å². The molecule has 1 fully saturated rings. The van der Waals surface area contributed by atoms with E-state index in [0.29, 0.717) is 16.1 Å². The van der Waals surface area contributed by atoms with Crippen LogP contribution < -0.4 is 0 Å². The molecule has 1 amide bonds. The fourth-order valence-electron chi connectivity index (χ4n) is 2.80. The van der Waals surface area contributed by atoms with Crippen molar-refractivity contribution in [1.29, 1.82) is 0 Å². The van der Waals surface area contributed by atoms with Gasteiger partial charge < -0.3 is 4.90 Å². The third-order valence-electron chi connectivity index (χ3n) is 3.67. The molecule has 4 heteroatoms. The van der Waals surface area contributed by atoms with Crippen LogP contribution in [0.1, 0.15) is 49.9 Å². The van der Waals surface area contributed by atoms with Crippen molar-refractivity contribution >= 4 is 21.8 Å². The van der Waals surface area contributed by atoms with Crippen LogP contribution in [0.3, 0.4) is 0 Å². The Morgan fingerprint density at radius 1 is 1.37 bits per heavy atom. The Bertz CT molecular complexity index is 469. The second-order valence-corrected chi connectivity index (χ2v) is 6.22. The Hall–Kier alpha value is -0.900. The minimum absolute atomic E-state index is 0.0757. The van der Waals surface area contributed by atoms with Crippen LogP contribution in [0, 0.1) is 5.82 Å². The number of halogens is 2. The minimum Gasteiger partial charge on any atom is -0.333 e. The lowest BCUT2D eigenvalue weighted by molar-refractivity contribution is 0.0612. The van der Waals surface area contributed by atoms with E-state index in [9.17, 15) is 9.18 Å². The summed E-state index contributed by atoms with van der Waals surface area (Å²) < 4.78 is 14.0. The van der Waals surface area contributed by atoms with E-state index in [-0.39, 0.29) is 17.8 Å². The number of carbonyl (C=O) groups excluding carboxylic acids is 1. The standard InChI is InChI=1S/C15H19BrFNO/c1-10(2)18(12-5-3-4-6-12)15(19)13-9-11(17)7-8-14(13)16/h7-10,12H,3-6H2,1-2H3. The lowest BCUT2D eigenvalue weighted by atomic mass is 10.1. The molecular weight excluding hydrogens is 309 g/mol. The van der Waals surface area contributed by atoms with Crippen LogP contribution in [-0.2, 0) is 0 Å². The summed E-state index contributed by atoms with van der Waals surface area (Å²) in [5, 5.41) is 0. The molecule has 0 aromatic heterocycles. The number of amides is 1. The summed E-state index contributed by atoms with van der Waals surface area (Å²) in [6.45, 7) is 4.03. The summed E-state index contributed by atoms with van der Waals surface area (Å²) in [6, 6.07) is 4.69. The summed E-state index contributed by atoms with van der Waals surface area (Å²) in [4.78, 5) is 14.6. The Labute approximate surface area is 122 Å². The van der Waals surface area contributed by atoms with E-state index in [1.165, 1.54) is 25.0 Å². The van der Waals surface area contributed by atoms with Gasteiger partial charge in [-0.15, -0.1) is 0 Å². The molecule has 0 atom stereocenters. The van der Waals surface area contributed by atoms with Crippen LogP contribution in [0.2, 0.25) is 0 Å². The summed E-state index contributed by atoms with van der Waals surface area (Å²) in [5.74, 6) is -0.449. The number of nitrogens with zero attached hydrogens (tertiary/aromatic N) is 1. The van der Waals surface area contributed by atoms with Gasteiger partial charge in [-0.25, -0.2) is 4.39 Å². The summed E-state index contributed by atoms with van der Waals surface area (Å²) >= 11 is 3.34. The van der Waals surface area contributed by atoms with Gasteiger partial charge in [-0.3, -0.25) is 4.79 Å². The number of benzene rings is 1. The first kappa shape index (κ1) is 14.5. The van der Waals surface area contributed by atoms with Crippen molar-refractivity contribution in [3.05, 3.63) is 34.1 Å². The van der Waals surface area contributed by atoms with E-state index in [4.69, 9.17) is 0 Å². The van der Waals surface area contributed by atoms with Crippen LogP contribution in [0.4, 0.5) is 4.39 Å². The van der Waals surface area contributed by atoms with Crippen molar-refractivity contribution in [2.24, 2.45) is 0 Å². The average Bonchev–Trinajstić information content (AvgIpc) is 2.85. The highest BCUT2D eigenvalue weighted by atomic mass is 79.9. The molecule has 0 spiro atoms. The number of carbonyl (C=O) groups is 1. The molecule has 1 aromatic carbocycles. The number of hydrogen-bond acceptors (Lipinski definition) is 1. The van der Waals surface area contributed by atoms with Gasteiger partial charge in [-0.2, -0.15) is 0 Å². The van der Waals surface area contributed by atoms with Crippen LogP contribution in [0.15, 0.2) is 22.7 Å². The van der Waals surface area contributed by atoms with E-state index in [0.717, 1.165) is 12.8 Å². The molecule has 1 saturated carbocycles. The Morgan fingerprint density at radius 2 is 2.00 bits per heavy atom. The topological polar surface area (TPSA) is 20.3 Å². The van der Waals surface area contributed by atoms with Gasteiger partial charge in [-0.05, 0) is 60.8 Å². The highest BCUT2D eigenvalue weighted by molar-refractivity contribution is 9.10. The van der Waals surface area contributed by atoms with E-state index in [1.807, 2.05) is 18.7 Å². The lowest BCUT2D eigenvalue weighted by Gasteiger charge is -2.33. The maximum absolute atomic E-state index is 13.4. The van der Waals surface area contributed by atoms with Crippen molar-refractivity contribution in [1.82, 2.24) is 4.90 Å². The van der Waals surface area contributed by atoms with E-state index >= 15 is 0 Å². The molecule has 0 N–H and O–H groups in total. The molecule has 0 saturated heterocycles. The largest absolute Gasteiger partial charge is 0.333 e. The number of hydrogen-bond donors (Lipinski definition) is 0. The Morgan fingerprint density at radius 3 is 2.58 bits per heavy atom. The molecular formula is C15H19BrFNO. The molecule has 104 valence electrons. The fraction of sp³-hybridized carbons (Fsp3) is 0.533. The highest BCUT2D eigenvalue weighted by Crippen LogP contribution is 2.28. The van der Waals surface area contributed by atoms with Crippen LogP contribution >= 0.6 is 15.9 Å². The van der Waals surface area contributed by atoms with Crippen molar-refractivity contribution in [3.63, 3.8) is 0 Å². The Balaban J connectivity index is 2.30. The van der Waals surface area contributed by atoms with Crippen LogP contribution in [0.5, 0.6) is 0 Å². The molecule has 19 heavy (non-hydrogen) atoms. The molecule has 2 rings (SSSR count). The predicted molar refractivity (Wildman–Crippen MR) is 77.7 cm³/mol. The molecule has 0 radical (unpaired) electrons. The first-order chi connectivity index (χ1) is 9.00. The maximum Gasteiger partial charge on any atom is 0.255 e. The zero-order valence-corrected chi connectivity index (χ0v) is 12.9. The smallest absolute Gasteiger partial charge is 0.255 e. The van der Waals surface area contributed by atoms with E-state index in [2.05, 4.69) is 15.9 Å². The van der Waals surface area contributed by atoms with Crippen LogP contribution in [0.25, 0.3) is 0 Å². The van der Waals surface area contributed by atoms with Gasteiger partial charge in [-0.1, -0.05) is 12.8 Å². The van der Waals surface area contributed by atoms with Gasteiger partial charge in [0, 0.05) is 16.6 Å². The van der Waals surface area contributed by atoms with Crippen LogP contribution in [-0.4, -0.2) is 22.9 Å². The molecule has 0 bridgehead atoms. The fourth-order valence-corrected chi connectivity index (χ4v) is 3.22. The quantitative estimate of drug-likeness (QED) is 0.806. The average molecular weight is 328 g/mol. The highest BCUT2D eigenvalue weighted by Gasteiger charge is 2.30. The van der Waals surface area contributed by atoms with Crippen molar-refractivity contribution in [2.45, 2.75) is 51.6 Å².